The minimum atomic E-state index is -3.71. The molecule has 0 atom stereocenters. The second-order valence-corrected chi connectivity index (χ2v) is 7.57. The lowest BCUT2D eigenvalue weighted by Gasteiger charge is -2.12. The second kappa shape index (κ2) is 6.30. The van der Waals surface area contributed by atoms with E-state index in [1.807, 2.05) is 12.1 Å². The normalized spacial score (nSPS) is 11.5. The third-order valence-electron chi connectivity index (χ3n) is 3.66. The molecule has 3 aromatic rings. The van der Waals surface area contributed by atoms with E-state index >= 15 is 0 Å². The van der Waals surface area contributed by atoms with Crippen LogP contribution >= 0.6 is 11.6 Å². The van der Waals surface area contributed by atoms with Crippen LogP contribution < -0.4 is 4.72 Å². The fourth-order valence-electron chi connectivity index (χ4n) is 2.42. The summed E-state index contributed by atoms with van der Waals surface area (Å²) in [5.41, 5.74) is 3.35. The minimum Gasteiger partial charge on any atom is -0.285 e. The molecule has 1 heterocycles. The van der Waals surface area contributed by atoms with Crippen LogP contribution in [0.4, 0.5) is 5.69 Å². The summed E-state index contributed by atoms with van der Waals surface area (Å²) in [5, 5.41) is 7.39. The number of hydrogen-bond donors (Lipinski definition) is 2. The second-order valence-electron chi connectivity index (χ2n) is 5.51. The van der Waals surface area contributed by atoms with Gasteiger partial charge in [0.2, 0.25) is 0 Å². The number of halogens is 1. The van der Waals surface area contributed by atoms with Crippen molar-refractivity contribution < 1.29 is 8.42 Å². The van der Waals surface area contributed by atoms with Gasteiger partial charge in [0.15, 0.2) is 0 Å². The molecule has 0 aliphatic rings. The standard InChI is InChI=1S/C17H16ClN3O2S/c1-11-9-17(12(2)8-15(11)18)24(22,23)21-14-5-3-4-13(10-14)16-6-7-19-20-16/h3-10,21H,1-2H3,(H,19,20). The molecule has 24 heavy (non-hydrogen) atoms. The fourth-order valence-corrected chi connectivity index (χ4v) is 4.00. The van der Waals surface area contributed by atoms with Crippen molar-refractivity contribution in [2.24, 2.45) is 0 Å². The van der Waals surface area contributed by atoms with Crippen LogP contribution in [0.5, 0.6) is 0 Å². The molecule has 124 valence electrons. The summed E-state index contributed by atoms with van der Waals surface area (Å²) in [5.74, 6) is 0. The van der Waals surface area contributed by atoms with Crippen LogP contribution in [0.2, 0.25) is 5.02 Å². The summed E-state index contributed by atoms with van der Waals surface area (Å²) in [6, 6.07) is 12.1. The van der Waals surface area contributed by atoms with Gasteiger partial charge in [-0.05, 0) is 55.3 Å². The third kappa shape index (κ3) is 3.29. The monoisotopic (exact) mass is 361 g/mol. The van der Waals surface area contributed by atoms with Gasteiger partial charge in [-0.25, -0.2) is 8.42 Å². The van der Waals surface area contributed by atoms with Crippen LogP contribution in [0, 0.1) is 13.8 Å². The number of anilines is 1. The summed E-state index contributed by atoms with van der Waals surface area (Å²) in [6.45, 7) is 3.50. The number of nitrogens with zero attached hydrogens (tertiary/aromatic N) is 1. The molecule has 2 aromatic carbocycles. The molecule has 0 bridgehead atoms. The van der Waals surface area contributed by atoms with Crippen LogP contribution in [0.25, 0.3) is 11.3 Å². The lowest BCUT2D eigenvalue weighted by atomic mass is 10.1. The van der Waals surface area contributed by atoms with Crippen molar-refractivity contribution in [3.05, 3.63) is 64.8 Å². The van der Waals surface area contributed by atoms with Gasteiger partial charge in [0.05, 0.1) is 10.6 Å². The highest BCUT2D eigenvalue weighted by atomic mass is 35.5. The summed E-state index contributed by atoms with van der Waals surface area (Å²) in [4.78, 5) is 0.217. The van der Waals surface area contributed by atoms with Crippen molar-refractivity contribution in [1.82, 2.24) is 10.2 Å². The summed E-state index contributed by atoms with van der Waals surface area (Å²) >= 11 is 6.05. The highest BCUT2D eigenvalue weighted by Gasteiger charge is 2.18. The number of nitrogens with one attached hydrogen (secondary N) is 2. The average molecular weight is 362 g/mol. The van der Waals surface area contributed by atoms with Crippen LogP contribution in [0.3, 0.4) is 0 Å². The number of H-pyrrole nitrogens is 1. The zero-order valence-corrected chi connectivity index (χ0v) is 14.7. The number of aryl methyl sites for hydroxylation is 2. The lowest BCUT2D eigenvalue weighted by molar-refractivity contribution is 0.600. The minimum absolute atomic E-state index is 0.217. The molecule has 1 aromatic heterocycles. The van der Waals surface area contributed by atoms with Gasteiger partial charge in [-0.15, -0.1) is 0 Å². The molecule has 3 rings (SSSR count). The molecule has 0 aliphatic heterocycles. The Labute approximate surface area is 145 Å². The van der Waals surface area contributed by atoms with Gasteiger partial charge in [0.1, 0.15) is 0 Å². The Morgan fingerprint density at radius 2 is 1.88 bits per heavy atom. The molecule has 2 N–H and O–H groups in total. The Balaban J connectivity index is 1.96. The fraction of sp³-hybridized carbons (Fsp3) is 0.118. The maximum absolute atomic E-state index is 12.7. The number of sulfonamides is 1. The van der Waals surface area contributed by atoms with Crippen molar-refractivity contribution in [2.75, 3.05) is 4.72 Å². The number of hydrogen-bond acceptors (Lipinski definition) is 3. The molecule has 5 nitrogen and oxygen atoms in total. The third-order valence-corrected chi connectivity index (χ3v) is 5.59. The van der Waals surface area contributed by atoms with Crippen LogP contribution in [0.15, 0.2) is 53.6 Å². The Morgan fingerprint density at radius 1 is 1.08 bits per heavy atom. The van der Waals surface area contributed by atoms with E-state index in [4.69, 9.17) is 11.6 Å². The zero-order chi connectivity index (χ0) is 17.3. The van der Waals surface area contributed by atoms with Crippen molar-refractivity contribution in [3.8, 4) is 11.3 Å². The van der Waals surface area contributed by atoms with E-state index < -0.39 is 10.0 Å². The average Bonchev–Trinajstić information content (AvgIpc) is 3.05. The van der Waals surface area contributed by atoms with E-state index in [0.29, 0.717) is 21.8 Å². The smallest absolute Gasteiger partial charge is 0.262 e. The van der Waals surface area contributed by atoms with Crippen LogP contribution in [0.1, 0.15) is 11.1 Å². The maximum atomic E-state index is 12.7. The molecular formula is C17H16ClN3O2S. The Bertz CT molecular complexity index is 983. The molecule has 0 unspecified atom stereocenters. The largest absolute Gasteiger partial charge is 0.285 e. The highest BCUT2D eigenvalue weighted by Crippen LogP contribution is 2.27. The van der Waals surface area contributed by atoms with Gasteiger partial charge in [0, 0.05) is 22.5 Å². The van der Waals surface area contributed by atoms with Crippen LogP contribution in [-0.4, -0.2) is 18.6 Å². The summed E-state index contributed by atoms with van der Waals surface area (Å²) in [6.07, 6.45) is 1.71. The van der Waals surface area contributed by atoms with Gasteiger partial charge in [-0.2, -0.15) is 5.10 Å². The van der Waals surface area contributed by atoms with E-state index in [1.165, 1.54) is 0 Å². The van der Waals surface area contributed by atoms with E-state index in [9.17, 15) is 8.42 Å². The molecule has 0 saturated heterocycles. The molecule has 0 amide bonds. The summed E-state index contributed by atoms with van der Waals surface area (Å²) < 4.78 is 28.0. The van der Waals surface area contributed by atoms with Gasteiger partial charge in [0.25, 0.3) is 10.0 Å². The molecule has 0 aliphatic carbocycles. The van der Waals surface area contributed by atoms with Crippen molar-refractivity contribution >= 4 is 27.3 Å². The van der Waals surface area contributed by atoms with Crippen molar-refractivity contribution in [3.63, 3.8) is 0 Å². The number of rotatable bonds is 4. The first-order chi connectivity index (χ1) is 11.4. The van der Waals surface area contributed by atoms with Gasteiger partial charge in [-0.3, -0.25) is 9.82 Å². The summed E-state index contributed by atoms with van der Waals surface area (Å²) in [7, 11) is -3.71. The van der Waals surface area contributed by atoms with E-state index in [0.717, 1.165) is 11.3 Å². The van der Waals surface area contributed by atoms with Crippen LogP contribution in [-0.2, 0) is 10.0 Å². The number of aromatic amines is 1. The number of benzene rings is 2. The van der Waals surface area contributed by atoms with Crippen molar-refractivity contribution in [1.29, 1.82) is 0 Å². The maximum Gasteiger partial charge on any atom is 0.262 e. The first kappa shape index (κ1) is 16.5. The predicted molar refractivity (Wildman–Crippen MR) is 95.8 cm³/mol. The van der Waals surface area contributed by atoms with Gasteiger partial charge in [-0.1, -0.05) is 23.7 Å². The van der Waals surface area contributed by atoms with Gasteiger partial charge < -0.3 is 0 Å². The Hall–Kier alpha value is -2.31. The molecule has 0 radical (unpaired) electrons. The Kier molecular flexibility index (Phi) is 4.34. The van der Waals surface area contributed by atoms with E-state index in [2.05, 4.69) is 14.9 Å². The zero-order valence-electron chi connectivity index (χ0n) is 13.2. The predicted octanol–water partition coefficient (Wildman–Crippen LogP) is 4.15. The lowest BCUT2D eigenvalue weighted by Crippen LogP contribution is -2.14. The quantitative estimate of drug-likeness (QED) is 0.733. The van der Waals surface area contributed by atoms with E-state index in [1.54, 1.807) is 50.4 Å². The van der Waals surface area contributed by atoms with Gasteiger partial charge >= 0.3 is 0 Å². The van der Waals surface area contributed by atoms with Crippen molar-refractivity contribution in [2.45, 2.75) is 18.7 Å². The van der Waals surface area contributed by atoms with E-state index in [-0.39, 0.29) is 4.90 Å². The molecule has 0 fully saturated rings. The molecule has 7 heteroatoms. The highest BCUT2D eigenvalue weighted by molar-refractivity contribution is 7.92. The Morgan fingerprint density at radius 3 is 2.58 bits per heavy atom. The molecule has 0 spiro atoms. The first-order valence-corrected chi connectivity index (χ1v) is 9.13. The molecule has 0 saturated carbocycles. The SMILES string of the molecule is Cc1cc(S(=O)(=O)Nc2cccc(-c3cc[nH]n3)c2)c(C)cc1Cl. The molecular weight excluding hydrogens is 346 g/mol. The topological polar surface area (TPSA) is 74.8 Å². The first-order valence-electron chi connectivity index (χ1n) is 7.26. The number of aromatic nitrogens is 2.